The van der Waals surface area contributed by atoms with Gasteiger partial charge in [-0.3, -0.25) is 10.1 Å². The molecule has 0 bridgehead atoms. The van der Waals surface area contributed by atoms with Crippen LogP contribution in [0.15, 0.2) is 48.7 Å². The number of urea groups is 1. The molecule has 0 saturated heterocycles. The summed E-state index contributed by atoms with van der Waals surface area (Å²) in [5.41, 5.74) is 6.12. The molecule has 3 amide bonds. The predicted octanol–water partition coefficient (Wildman–Crippen LogP) is 1.69. The Morgan fingerprint density at radius 3 is 2.52 bits per heavy atom. The summed E-state index contributed by atoms with van der Waals surface area (Å²) in [6.45, 7) is 0.0748. The molecule has 23 heavy (non-hydrogen) atoms. The van der Waals surface area contributed by atoms with Crippen LogP contribution in [0.1, 0.15) is 5.56 Å². The summed E-state index contributed by atoms with van der Waals surface area (Å²) in [4.78, 5) is 27.2. The lowest BCUT2D eigenvalue weighted by atomic mass is 9.98. The van der Waals surface area contributed by atoms with Gasteiger partial charge in [0.1, 0.15) is 11.6 Å². The Labute approximate surface area is 132 Å². The SMILES string of the molecule is NC(=O)[C@@H](CNC(=O)Nc1ccccn1)Cc1ccc(F)cc1. The van der Waals surface area contributed by atoms with E-state index < -0.39 is 17.9 Å². The Hall–Kier alpha value is -2.96. The zero-order valence-corrected chi connectivity index (χ0v) is 12.3. The zero-order chi connectivity index (χ0) is 16.7. The summed E-state index contributed by atoms with van der Waals surface area (Å²) in [5, 5.41) is 5.12. The number of carbonyl (C=O) groups excluding carboxylic acids is 2. The van der Waals surface area contributed by atoms with E-state index in [-0.39, 0.29) is 12.4 Å². The first-order valence-corrected chi connectivity index (χ1v) is 7.04. The molecule has 7 heteroatoms. The second-order valence-corrected chi connectivity index (χ2v) is 4.98. The van der Waals surface area contributed by atoms with Gasteiger partial charge in [0.25, 0.3) is 0 Å². The molecule has 2 aromatic rings. The van der Waals surface area contributed by atoms with Crippen molar-refractivity contribution >= 4 is 17.8 Å². The number of anilines is 1. The molecular formula is C16H17FN4O2. The zero-order valence-electron chi connectivity index (χ0n) is 12.3. The van der Waals surface area contributed by atoms with Gasteiger partial charge in [0.2, 0.25) is 5.91 Å². The molecule has 4 N–H and O–H groups in total. The lowest BCUT2D eigenvalue weighted by Gasteiger charge is -2.14. The Bertz CT molecular complexity index is 662. The molecule has 1 aromatic heterocycles. The average molecular weight is 316 g/mol. The van der Waals surface area contributed by atoms with Gasteiger partial charge in [-0.2, -0.15) is 0 Å². The van der Waals surface area contributed by atoms with Crippen molar-refractivity contribution in [3.8, 4) is 0 Å². The number of hydrogen-bond acceptors (Lipinski definition) is 3. The van der Waals surface area contributed by atoms with Crippen LogP contribution in [0.3, 0.4) is 0 Å². The molecular weight excluding hydrogens is 299 g/mol. The smallest absolute Gasteiger partial charge is 0.320 e. The summed E-state index contributed by atoms with van der Waals surface area (Å²) in [6.07, 6.45) is 1.87. The standard InChI is InChI=1S/C16H17FN4O2/c17-13-6-4-11(5-7-13)9-12(15(18)22)10-20-16(23)21-14-3-1-2-8-19-14/h1-8,12H,9-10H2,(H2,18,22)(H2,19,20,21,23)/t12-/m1/s1. The van der Waals surface area contributed by atoms with E-state index in [9.17, 15) is 14.0 Å². The number of nitrogens with two attached hydrogens (primary N) is 1. The van der Waals surface area contributed by atoms with Crippen LogP contribution in [0.2, 0.25) is 0 Å². The van der Waals surface area contributed by atoms with E-state index >= 15 is 0 Å². The van der Waals surface area contributed by atoms with Crippen molar-refractivity contribution in [1.82, 2.24) is 10.3 Å². The molecule has 1 aromatic carbocycles. The van der Waals surface area contributed by atoms with E-state index in [2.05, 4.69) is 15.6 Å². The Morgan fingerprint density at radius 1 is 1.17 bits per heavy atom. The number of rotatable bonds is 6. The van der Waals surface area contributed by atoms with E-state index in [0.717, 1.165) is 5.56 Å². The van der Waals surface area contributed by atoms with Crippen molar-refractivity contribution in [2.45, 2.75) is 6.42 Å². The molecule has 120 valence electrons. The quantitative estimate of drug-likeness (QED) is 0.756. The molecule has 0 spiro atoms. The number of halogens is 1. The third-order valence-corrected chi connectivity index (χ3v) is 3.21. The monoisotopic (exact) mass is 316 g/mol. The van der Waals surface area contributed by atoms with Gasteiger partial charge in [-0.1, -0.05) is 18.2 Å². The maximum atomic E-state index is 12.9. The van der Waals surface area contributed by atoms with Crippen LogP contribution in [-0.4, -0.2) is 23.5 Å². The number of nitrogens with one attached hydrogen (secondary N) is 2. The maximum absolute atomic E-state index is 12.9. The van der Waals surface area contributed by atoms with Crippen LogP contribution in [0.5, 0.6) is 0 Å². The Morgan fingerprint density at radius 2 is 1.91 bits per heavy atom. The van der Waals surface area contributed by atoms with Gasteiger partial charge in [0, 0.05) is 12.7 Å². The largest absolute Gasteiger partial charge is 0.369 e. The number of aromatic nitrogens is 1. The van der Waals surface area contributed by atoms with E-state index in [1.807, 2.05) is 0 Å². The fourth-order valence-electron chi connectivity index (χ4n) is 1.99. The van der Waals surface area contributed by atoms with Gasteiger partial charge >= 0.3 is 6.03 Å². The van der Waals surface area contributed by atoms with Crippen LogP contribution in [-0.2, 0) is 11.2 Å². The number of carbonyl (C=O) groups is 2. The summed E-state index contributed by atoms with van der Waals surface area (Å²) in [7, 11) is 0. The summed E-state index contributed by atoms with van der Waals surface area (Å²) < 4.78 is 12.9. The second-order valence-electron chi connectivity index (χ2n) is 4.98. The van der Waals surface area contributed by atoms with Crippen molar-refractivity contribution in [3.05, 3.63) is 60.0 Å². The Kier molecular flexibility index (Phi) is 5.62. The topological polar surface area (TPSA) is 97.1 Å². The fourth-order valence-corrected chi connectivity index (χ4v) is 1.99. The average Bonchev–Trinajstić information content (AvgIpc) is 2.54. The van der Waals surface area contributed by atoms with Gasteiger partial charge in [-0.15, -0.1) is 0 Å². The summed E-state index contributed by atoms with van der Waals surface area (Å²) in [5.74, 6) is -1.07. The van der Waals surface area contributed by atoms with Gasteiger partial charge in [-0.05, 0) is 36.2 Å². The van der Waals surface area contributed by atoms with Crippen molar-refractivity contribution in [3.63, 3.8) is 0 Å². The highest BCUT2D eigenvalue weighted by Gasteiger charge is 2.17. The summed E-state index contributed by atoms with van der Waals surface area (Å²) >= 11 is 0. The number of pyridine rings is 1. The molecule has 0 aliphatic rings. The van der Waals surface area contributed by atoms with Gasteiger partial charge in [-0.25, -0.2) is 14.2 Å². The van der Waals surface area contributed by atoms with E-state index in [4.69, 9.17) is 5.73 Å². The first-order valence-electron chi connectivity index (χ1n) is 7.04. The van der Waals surface area contributed by atoms with Crippen molar-refractivity contribution in [2.75, 3.05) is 11.9 Å². The van der Waals surface area contributed by atoms with E-state index in [0.29, 0.717) is 12.2 Å². The molecule has 0 unspecified atom stereocenters. The van der Waals surface area contributed by atoms with Crippen molar-refractivity contribution in [2.24, 2.45) is 11.7 Å². The van der Waals surface area contributed by atoms with Gasteiger partial charge in [0.15, 0.2) is 0 Å². The number of nitrogens with zero attached hydrogens (tertiary/aromatic N) is 1. The highest BCUT2D eigenvalue weighted by molar-refractivity contribution is 5.88. The van der Waals surface area contributed by atoms with E-state index in [1.54, 1.807) is 36.5 Å². The van der Waals surface area contributed by atoms with Crippen LogP contribution in [0.25, 0.3) is 0 Å². The molecule has 6 nitrogen and oxygen atoms in total. The molecule has 1 heterocycles. The third kappa shape index (κ3) is 5.39. The minimum Gasteiger partial charge on any atom is -0.369 e. The molecule has 0 radical (unpaired) electrons. The number of hydrogen-bond donors (Lipinski definition) is 3. The highest BCUT2D eigenvalue weighted by atomic mass is 19.1. The number of amides is 3. The fraction of sp³-hybridized carbons (Fsp3) is 0.188. The highest BCUT2D eigenvalue weighted by Crippen LogP contribution is 2.10. The van der Waals surface area contributed by atoms with Crippen LogP contribution < -0.4 is 16.4 Å². The minimum absolute atomic E-state index is 0.0748. The maximum Gasteiger partial charge on any atom is 0.320 e. The number of benzene rings is 1. The van der Waals surface area contributed by atoms with Gasteiger partial charge in [0.05, 0.1) is 5.92 Å². The molecule has 0 aliphatic heterocycles. The molecule has 1 atom stereocenters. The second kappa shape index (κ2) is 7.88. The predicted molar refractivity (Wildman–Crippen MR) is 84.0 cm³/mol. The van der Waals surface area contributed by atoms with Crippen molar-refractivity contribution < 1.29 is 14.0 Å². The molecule has 0 fully saturated rings. The van der Waals surface area contributed by atoms with Crippen LogP contribution in [0.4, 0.5) is 15.0 Å². The van der Waals surface area contributed by atoms with E-state index in [1.165, 1.54) is 12.1 Å². The first-order chi connectivity index (χ1) is 11.0. The molecule has 0 saturated carbocycles. The minimum atomic E-state index is -0.588. The lowest BCUT2D eigenvalue weighted by Crippen LogP contribution is -2.39. The molecule has 0 aliphatic carbocycles. The molecule has 2 rings (SSSR count). The first kappa shape index (κ1) is 16.4. The normalized spacial score (nSPS) is 11.5. The van der Waals surface area contributed by atoms with Crippen molar-refractivity contribution in [1.29, 1.82) is 0 Å². The van der Waals surface area contributed by atoms with Crippen LogP contribution >= 0.6 is 0 Å². The third-order valence-electron chi connectivity index (χ3n) is 3.21. The lowest BCUT2D eigenvalue weighted by molar-refractivity contribution is -0.121. The van der Waals surface area contributed by atoms with Gasteiger partial charge < -0.3 is 11.1 Å². The summed E-state index contributed by atoms with van der Waals surface area (Å²) in [6, 6.07) is 10.4. The van der Waals surface area contributed by atoms with Crippen LogP contribution in [0, 0.1) is 11.7 Å². The number of primary amides is 1. The Balaban J connectivity index is 1.88.